The van der Waals surface area contributed by atoms with Gasteiger partial charge >= 0.3 is 0 Å². The molecule has 1 aliphatic carbocycles. The van der Waals surface area contributed by atoms with Gasteiger partial charge in [0, 0.05) is 29.6 Å². The number of anilines is 1. The molecule has 0 radical (unpaired) electrons. The van der Waals surface area contributed by atoms with Crippen molar-refractivity contribution in [2.45, 2.75) is 92.7 Å². The third-order valence-corrected chi connectivity index (χ3v) is 10.8. The second kappa shape index (κ2) is 10.4. The van der Waals surface area contributed by atoms with Crippen LogP contribution in [0.1, 0.15) is 71.1 Å². The molecule has 2 bridgehead atoms. The van der Waals surface area contributed by atoms with Gasteiger partial charge in [0.25, 0.3) is 0 Å². The van der Waals surface area contributed by atoms with E-state index in [2.05, 4.69) is 17.6 Å². The lowest BCUT2D eigenvalue weighted by atomic mass is 9.66. The monoisotopic (exact) mass is 513 g/mol. The summed E-state index contributed by atoms with van der Waals surface area (Å²) in [6.45, 7) is 2.72. The van der Waals surface area contributed by atoms with E-state index in [0.717, 1.165) is 57.1 Å². The van der Waals surface area contributed by atoms with Gasteiger partial charge in [-0.3, -0.25) is 14.4 Å². The Bertz CT molecular complexity index is 984. The molecule has 3 N–H and O–H groups in total. The summed E-state index contributed by atoms with van der Waals surface area (Å²) in [5.41, 5.74) is 0.728. The highest BCUT2D eigenvalue weighted by Gasteiger charge is 2.77. The molecular weight excluding hydrogens is 474 g/mol. The van der Waals surface area contributed by atoms with Crippen molar-refractivity contribution in [3.63, 3.8) is 0 Å². The molecule has 3 amide bonds. The molecule has 3 aliphatic heterocycles. The minimum Gasteiger partial charge on any atom is -0.396 e. The van der Waals surface area contributed by atoms with E-state index in [1.54, 1.807) is 16.7 Å². The summed E-state index contributed by atoms with van der Waals surface area (Å²) in [7, 11) is 0. The van der Waals surface area contributed by atoms with Gasteiger partial charge in [0.1, 0.15) is 6.04 Å². The standard InChI is InChI=1S/C28H39N3O4S/c1-27-15-16-28(36-27)22(21(27)24(33)29-19-11-5-2-6-12-19)26(35)31(17-9-4-10-18-32)23(28)25(34)30-20-13-7-3-8-14-20/h2,5-6,11-12,20-23,32H,3-4,7-10,13-18H2,1H3,(H,29,33)(H,30,34)/t21-,22+,23?,27+,28?/m1/s1. The Morgan fingerprint density at radius 3 is 2.53 bits per heavy atom. The highest BCUT2D eigenvalue weighted by Crippen LogP contribution is 2.71. The van der Waals surface area contributed by atoms with Crippen LogP contribution in [0.3, 0.4) is 0 Å². The van der Waals surface area contributed by atoms with Crippen LogP contribution in [-0.2, 0) is 14.4 Å². The van der Waals surface area contributed by atoms with Crippen LogP contribution in [-0.4, -0.2) is 62.5 Å². The molecule has 1 aromatic rings. The summed E-state index contributed by atoms with van der Waals surface area (Å²) in [6, 6.07) is 9.02. The van der Waals surface area contributed by atoms with Crippen LogP contribution < -0.4 is 10.6 Å². The van der Waals surface area contributed by atoms with Crippen molar-refractivity contribution in [2.75, 3.05) is 18.5 Å². The molecule has 0 aromatic heterocycles. The second-order valence-corrected chi connectivity index (χ2v) is 13.1. The number of aliphatic hydroxyl groups is 1. The van der Waals surface area contributed by atoms with Crippen LogP contribution in [0.25, 0.3) is 0 Å². The average Bonchev–Trinajstić information content (AvgIpc) is 3.44. The maximum absolute atomic E-state index is 14.1. The Morgan fingerprint density at radius 1 is 1.06 bits per heavy atom. The lowest BCUT2D eigenvalue weighted by Crippen LogP contribution is -2.55. The van der Waals surface area contributed by atoms with Gasteiger partial charge in [-0.2, -0.15) is 0 Å². The number of hydrogen-bond donors (Lipinski definition) is 3. The van der Waals surface area contributed by atoms with Gasteiger partial charge in [0.15, 0.2) is 0 Å². The molecule has 4 aliphatic rings. The number of fused-ring (bicyclic) bond motifs is 1. The Balaban J connectivity index is 1.43. The highest BCUT2D eigenvalue weighted by molar-refractivity contribution is 8.02. The summed E-state index contributed by atoms with van der Waals surface area (Å²) in [6.07, 6.45) is 9.27. The number of benzene rings is 1. The molecule has 5 atom stereocenters. The number of hydrogen-bond acceptors (Lipinski definition) is 5. The molecule has 3 saturated heterocycles. The lowest BCUT2D eigenvalue weighted by molar-refractivity contribution is -0.139. The average molecular weight is 514 g/mol. The molecule has 3 heterocycles. The smallest absolute Gasteiger partial charge is 0.244 e. The van der Waals surface area contributed by atoms with Gasteiger partial charge in [0.05, 0.1) is 16.6 Å². The first-order chi connectivity index (χ1) is 17.4. The molecule has 1 spiro atoms. The van der Waals surface area contributed by atoms with E-state index in [4.69, 9.17) is 0 Å². The second-order valence-electron chi connectivity index (χ2n) is 11.2. The van der Waals surface area contributed by atoms with E-state index in [-0.39, 0.29) is 35.1 Å². The van der Waals surface area contributed by atoms with E-state index in [1.807, 2.05) is 30.3 Å². The molecule has 1 aromatic carbocycles. The first-order valence-corrected chi connectivity index (χ1v) is 14.5. The lowest BCUT2D eigenvalue weighted by Gasteiger charge is -2.36. The predicted octanol–water partition coefficient (Wildman–Crippen LogP) is 3.72. The number of amides is 3. The topological polar surface area (TPSA) is 98.7 Å². The fourth-order valence-corrected chi connectivity index (χ4v) is 9.56. The van der Waals surface area contributed by atoms with Gasteiger partial charge in [-0.05, 0) is 64.0 Å². The van der Waals surface area contributed by atoms with Crippen LogP contribution in [0.2, 0.25) is 0 Å². The maximum Gasteiger partial charge on any atom is 0.244 e. The molecule has 8 heteroatoms. The zero-order chi connectivity index (χ0) is 25.3. The summed E-state index contributed by atoms with van der Waals surface area (Å²) < 4.78 is -0.939. The number of carbonyl (C=O) groups excluding carboxylic acids is 3. The zero-order valence-corrected chi connectivity index (χ0v) is 22.0. The number of carbonyl (C=O) groups is 3. The van der Waals surface area contributed by atoms with Crippen LogP contribution in [0.5, 0.6) is 0 Å². The first kappa shape index (κ1) is 25.6. The van der Waals surface area contributed by atoms with Crippen molar-refractivity contribution >= 4 is 35.2 Å². The number of para-hydroxylation sites is 1. The number of nitrogens with one attached hydrogen (secondary N) is 2. The van der Waals surface area contributed by atoms with E-state index in [1.165, 1.54) is 6.42 Å². The van der Waals surface area contributed by atoms with Crippen LogP contribution in [0.15, 0.2) is 30.3 Å². The Labute approximate surface area is 218 Å². The molecule has 5 rings (SSSR count). The summed E-state index contributed by atoms with van der Waals surface area (Å²) >= 11 is 1.72. The number of nitrogens with zero attached hydrogens (tertiary/aromatic N) is 1. The highest BCUT2D eigenvalue weighted by atomic mass is 32.2. The Hall–Kier alpha value is -2.06. The van der Waals surface area contributed by atoms with Crippen LogP contribution in [0.4, 0.5) is 5.69 Å². The van der Waals surface area contributed by atoms with E-state index >= 15 is 0 Å². The number of aliphatic hydroxyl groups excluding tert-OH is 1. The van der Waals surface area contributed by atoms with Gasteiger partial charge in [-0.25, -0.2) is 0 Å². The van der Waals surface area contributed by atoms with E-state index in [0.29, 0.717) is 13.0 Å². The van der Waals surface area contributed by atoms with Crippen LogP contribution >= 0.6 is 11.8 Å². The van der Waals surface area contributed by atoms with Crippen molar-refractivity contribution in [3.05, 3.63) is 30.3 Å². The minimum atomic E-state index is -0.569. The van der Waals surface area contributed by atoms with Crippen LogP contribution in [0, 0.1) is 11.8 Å². The van der Waals surface area contributed by atoms with Gasteiger partial charge < -0.3 is 20.6 Å². The van der Waals surface area contributed by atoms with Gasteiger partial charge in [0.2, 0.25) is 17.7 Å². The fourth-order valence-electron chi connectivity index (χ4n) is 7.21. The summed E-state index contributed by atoms with van der Waals surface area (Å²) in [4.78, 5) is 43.4. The number of likely N-dealkylation sites (tertiary alicyclic amines) is 1. The quantitative estimate of drug-likeness (QED) is 0.437. The third kappa shape index (κ3) is 4.44. The Kier molecular flexibility index (Phi) is 7.37. The summed E-state index contributed by atoms with van der Waals surface area (Å²) in [5, 5.41) is 15.6. The van der Waals surface area contributed by atoms with Crippen molar-refractivity contribution in [3.8, 4) is 0 Å². The maximum atomic E-state index is 14.1. The molecule has 7 nitrogen and oxygen atoms in total. The van der Waals surface area contributed by atoms with Gasteiger partial charge in [-0.15, -0.1) is 11.8 Å². The third-order valence-electron chi connectivity index (χ3n) is 8.86. The molecule has 196 valence electrons. The van der Waals surface area contributed by atoms with E-state index < -0.39 is 22.6 Å². The van der Waals surface area contributed by atoms with Crippen molar-refractivity contribution in [1.82, 2.24) is 10.2 Å². The van der Waals surface area contributed by atoms with Crippen molar-refractivity contribution < 1.29 is 19.5 Å². The number of thioether (sulfide) groups is 1. The number of unbranched alkanes of at least 4 members (excludes halogenated alkanes) is 2. The molecule has 2 unspecified atom stereocenters. The fraction of sp³-hybridized carbons (Fsp3) is 0.679. The largest absolute Gasteiger partial charge is 0.396 e. The van der Waals surface area contributed by atoms with Crippen molar-refractivity contribution in [1.29, 1.82) is 0 Å². The predicted molar refractivity (Wildman–Crippen MR) is 141 cm³/mol. The molecule has 36 heavy (non-hydrogen) atoms. The van der Waals surface area contributed by atoms with Gasteiger partial charge in [-0.1, -0.05) is 37.5 Å². The minimum absolute atomic E-state index is 0.0409. The first-order valence-electron chi connectivity index (χ1n) is 13.7. The number of rotatable bonds is 9. The molecule has 1 saturated carbocycles. The molecular formula is C28H39N3O4S. The SMILES string of the molecule is C[C@@]12CCC3(S1)C(C(=O)NC1CCCCC1)N(CCCCCO)C(=O)[C@@H]3[C@@H]2C(=O)Nc1ccccc1. The van der Waals surface area contributed by atoms with Crippen molar-refractivity contribution in [2.24, 2.45) is 11.8 Å². The normalized spacial score (nSPS) is 33.6. The van der Waals surface area contributed by atoms with E-state index in [9.17, 15) is 19.5 Å². The Morgan fingerprint density at radius 2 is 1.81 bits per heavy atom. The summed E-state index contributed by atoms with van der Waals surface area (Å²) in [5.74, 6) is -1.18. The molecule has 4 fully saturated rings. The zero-order valence-electron chi connectivity index (χ0n) is 21.2.